The first-order valence-electron chi connectivity index (χ1n) is 6.87. The minimum Gasteiger partial charge on any atom is -0.496 e. The van der Waals surface area contributed by atoms with Crippen molar-refractivity contribution < 1.29 is 9.47 Å². The zero-order valence-corrected chi connectivity index (χ0v) is 12.3. The van der Waals surface area contributed by atoms with Crippen molar-refractivity contribution in [3.63, 3.8) is 0 Å². The van der Waals surface area contributed by atoms with Crippen molar-refractivity contribution in [2.45, 2.75) is 20.0 Å². The van der Waals surface area contributed by atoms with Gasteiger partial charge in [0.2, 0.25) is 0 Å². The quantitative estimate of drug-likeness (QED) is 0.632. The molecule has 110 valence electrons. The summed E-state index contributed by atoms with van der Waals surface area (Å²) in [6, 6.07) is 13.4. The highest BCUT2D eigenvalue weighted by molar-refractivity contribution is 5.95. The zero-order chi connectivity index (χ0) is 15.2. The maximum Gasteiger partial charge on any atom is 0.125 e. The number of hydrogen-bond donors (Lipinski definition) is 2. The number of ether oxygens (including phenoxy) is 2. The molecule has 4 heteroatoms. The first-order chi connectivity index (χ1) is 10.1. The van der Waals surface area contributed by atoms with Gasteiger partial charge >= 0.3 is 0 Å². The van der Waals surface area contributed by atoms with Gasteiger partial charge in [0.1, 0.15) is 23.9 Å². The highest BCUT2D eigenvalue weighted by Crippen LogP contribution is 2.22. The predicted octanol–water partition coefficient (Wildman–Crippen LogP) is 3.12. The summed E-state index contributed by atoms with van der Waals surface area (Å²) in [7, 11) is 1.62. The van der Waals surface area contributed by atoms with Crippen molar-refractivity contribution in [1.29, 1.82) is 5.41 Å². The van der Waals surface area contributed by atoms with Crippen LogP contribution in [0.15, 0.2) is 42.5 Å². The van der Waals surface area contributed by atoms with Crippen LogP contribution in [0.2, 0.25) is 0 Å². The van der Waals surface area contributed by atoms with E-state index >= 15 is 0 Å². The molecule has 2 aromatic carbocycles. The fraction of sp³-hybridized carbons (Fsp3) is 0.235. The second-order valence-electron chi connectivity index (χ2n) is 4.73. The van der Waals surface area contributed by atoms with Crippen molar-refractivity contribution in [3.05, 3.63) is 59.2 Å². The average Bonchev–Trinajstić information content (AvgIpc) is 2.52. The van der Waals surface area contributed by atoms with Crippen molar-refractivity contribution in [1.82, 2.24) is 0 Å². The third-order valence-electron chi connectivity index (χ3n) is 3.29. The molecule has 0 saturated heterocycles. The average molecular weight is 284 g/mol. The Morgan fingerprint density at radius 2 is 2.00 bits per heavy atom. The number of amidine groups is 1. The number of rotatable bonds is 6. The Morgan fingerprint density at radius 3 is 2.67 bits per heavy atom. The molecule has 0 amide bonds. The fourth-order valence-electron chi connectivity index (χ4n) is 2.08. The maximum atomic E-state index is 7.51. The minimum absolute atomic E-state index is 0.0342. The molecule has 0 bridgehead atoms. The smallest absolute Gasteiger partial charge is 0.125 e. The molecular weight excluding hydrogens is 264 g/mol. The van der Waals surface area contributed by atoms with Crippen LogP contribution in [0.25, 0.3) is 0 Å². The summed E-state index contributed by atoms with van der Waals surface area (Å²) in [6.07, 6.45) is 0.973. The number of methoxy groups -OCH3 is 1. The molecule has 0 aliphatic carbocycles. The van der Waals surface area contributed by atoms with Gasteiger partial charge in [-0.05, 0) is 42.3 Å². The van der Waals surface area contributed by atoms with E-state index in [-0.39, 0.29) is 5.84 Å². The highest BCUT2D eigenvalue weighted by Gasteiger charge is 2.07. The Kier molecular flexibility index (Phi) is 4.82. The van der Waals surface area contributed by atoms with Crippen LogP contribution in [0, 0.1) is 5.41 Å². The Morgan fingerprint density at radius 1 is 1.19 bits per heavy atom. The lowest BCUT2D eigenvalue weighted by atomic mass is 10.1. The lowest BCUT2D eigenvalue weighted by Gasteiger charge is -2.12. The molecular formula is C17H20N2O2. The Hall–Kier alpha value is -2.49. The van der Waals surface area contributed by atoms with Gasteiger partial charge in [0, 0.05) is 11.1 Å². The molecule has 21 heavy (non-hydrogen) atoms. The molecule has 0 heterocycles. The number of nitrogen functional groups attached to an aromatic ring is 1. The summed E-state index contributed by atoms with van der Waals surface area (Å²) < 4.78 is 11.1. The third kappa shape index (κ3) is 3.75. The summed E-state index contributed by atoms with van der Waals surface area (Å²) in [5, 5.41) is 7.51. The number of nitrogens with one attached hydrogen (secondary N) is 1. The van der Waals surface area contributed by atoms with Gasteiger partial charge in [-0.15, -0.1) is 0 Å². The molecule has 0 fully saturated rings. The molecule has 0 atom stereocenters. The van der Waals surface area contributed by atoms with Gasteiger partial charge in [0.25, 0.3) is 0 Å². The lowest BCUT2D eigenvalue weighted by Crippen LogP contribution is -2.12. The second kappa shape index (κ2) is 6.79. The van der Waals surface area contributed by atoms with Crippen molar-refractivity contribution >= 4 is 5.84 Å². The van der Waals surface area contributed by atoms with E-state index in [0.29, 0.717) is 12.2 Å². The summed E-state index contributed by atoms with van der Waals surface area (Å²) in [6.45, 7) is 2.48. The molecule has 0 aliphatic rings. The van der Waals surface area contributed by atoms with Crippen LogP contribution in [0.5, 0.6) is 11.5 Å². The Labute approximate surface area is 125 Å². The van der Waals surface area contributed by atoms with Gasteiger partial charge in [-0.25, -0.2) is 0 Å². The van der Waals surface area contributed by atoms with Crippen LogP contribution in [-0.4, -0.2) is 12.9 Å². The summed E-state index contributed by atoms with van der Waals surface area (Å²) in [5.41, 5.74) is 8.29. The van der Waals surface area contributed by atoms with Gasteiger partial charge < -0.3 is 15.2 Å². The molecule has 0 saturated carbocycles. The molecule has 0 aromatic heterocycles. The van der Waals surface area contributed by atoms with Crippen molar-refractivity contribution in [2.75, 3.05) is 7.11 Å². The van der Waals surface area contributed by atoms with E-state index in [1.54, 1.807) is 19.2 Å². The van der Waals surface area contributed by atoms with E-state index in [1.165, 1.54) is 5.56 Å². The third-order valence-corrected chi connectivity index (χ3v) is 3.29. The van der Waals surface area contributed by atoms with E-state index < -0.39 is 0 Å². The minimum atomic E-state index is 0.0342. The molecule has 2 rings (SSSR count). The van der Waals surface area contributed by atoms with Gasteiger partial charge in [-0.1, -0.05) is 19.1 Å². The van der Waals surface area contributed by atoms with Crippen LogP contribution in [0.1, 0.15) is 23.6 Å². The summed E-state index contributed by atoms with van der Waals surface area (Å²) in [5.74, 6) is 1.59. The molecule has 0 radical (unpaired) electrons. The molecule has 0 spiro atoms. The molecule has 4 nitrogen and oxygen atoms in total. The van der Waals surface area contributed by atoms with Crippen LogP contribution in [0.4, 0.5) is 0 Å². The summed E-state index contributed by atoms with van der Waals surface area (Å²) >= 11 is 0. The first-order valence-corrected chi connectivity index (χ1v) is 6.87. The molecule has 3 N–H and O–H groups in total. The van der Waals surface area contributed by atoms with Gasteiger partial charge in [-0.2, -0.15) is 0 Å². The highest BCUT2D eigenvalue weighted by atomic mass is 16.5. The van der Waals surface area contributed by atoms with Gasteiger partial charge in [0.05, 0.1) is 7.11 Å². The largest absolute Gasteiger partial charge is 0.496 e. The van der Waals surface area contributed by atoms with E-state index in [1.807, 2.05) is 24.3 Å². The fourth-order valence-corrected chi connectivity index (χ4v) is 2.08. The maximum absolute atomic E-state index is 7.51. The number of nitrogens with two attached hydrogens (primary N) is 1. The Balaban J connectivity index is 2.17. The SMILES string of the molecule is CCc1cccc(OCc2cc(C(=N)N)ccc2OC)c1. The van der Waals surface area contributed by atoms with E-state index in [0.717, 1.165) is 23.5 Å². The zero-order valence-electron chi connectivity index (χ0n) is 12.3. The van der Waals surface area contributed by atoms with Crippen LogP contribution >= 0.6 is 0 Å². The number of aryl methyl sites for hydroxylation is 1. The second-order valence-corrected chi connectivity index (χ2v) is 4.73. The van der Waals surface area contributed by atoms with Crippen LogP contribution < -0.4 is 15.2 Å². The van der Waals surface area contributed by atoms with E-state index in [9.17, 15) is 0 Å². The van der Waals surface area contributed by atoms with E-state index in [2.05, 4.69) is 13.0 Å². The topological polar surface area (TPSA) is 68.3 Å². The number of benzene rings is 2. The van der Waals surface area contributed by atoms with Gasteiger partial charge in [-0.3, -0.25) is 5.41 Å². The first kappa shape index (κ1) is 14.9. The normalized spacial score (nSPS) is 10.2. The van der Waals surface area contributed by atoms with Crippen molar-refractivity contribution in [3.8, 4) is 11.5 Å². The number of hydrogen-bond acceptors (Lipinski definition) is 3. The molecule has 0 unspecified atom stereocenters. The predicted molar refractivity (Wildman–Crippen MR) is 84.2 cm³/mol. The Bertz CT molecular complexity index is 638. The monoisotopic (exact) mass is 284 g/mol. The van der Waals surface area contributed by atoms with E-state index in [4.69, 9.17) is 20.6 Å². The summed E-state index contributed by atoms with van der Waals surface area (Å²) in [4.78, 5) is 0. The molecule has 0 aliphatic heterocycles. The van der Waals surface area contributed by atoms with Crippen LogP contribution in [-0.2, 0) is 13.0 Å². The lowest BCUT2D eigenvalue weighted by molar-refractivity contribution is 0.296. The van der Waals surface area contributed by atoms with Crippen LogP contribution in [0.3, 0.4) is 0 Å². The standard InChI is InChI=1S/C17H20N2O2/c1-3-12-5-4-6-15(9-12)21-11-14-10-13(17(18)19)7-8-16(14)20-2/h4-10H,3,11H2,1-2H3,(H3,18,19). The molecule has 2 aromatic rings. The van der Waals surface area contributed by atoms with Crippen molar-refractivity contribution in [2.24, 2.45) is 5.73 Å². The van der Waals surface area contributed by atoms with Gasteiger partial charge in [0.15, 0.2) is 0 Å².